The lowest BCUT2D eigenvalue weighted by atomic mass is 9.70. The van der Waals surface area contributed by atoms with Gasteiger partial charge in [-0.05, 0) is 40.7 Å². The van der Waals surface area contributed by atoms with Gasteiger partial charge in [-0.2, -0.15) is 5.10 Å². The van der Waals surface area contributed by atoms with Crippen molar-refractivity contribution in [3.8, 4) is 17.2 Å². The fourth-order valence-electron chi connectivity index (χ4n) is 4.40. The predicted molar refractivity (Wildman–Crippen MR) is 118 cm³/mol. The Labute approximate surface area is 190 Å². The average Bonchev–Trinajstić information content (AvgIpc) is 3.27. The molecule has 0 spiro atoms. The Balaban J connectivity index is 1.76. The van der Waals surface area contributed by atoms with E-state index in [1.54, 1.807) is 18.5 Å². The molecule has 9 nitrogen and oxygen atoms in total. The van der Waals surface area contributed by atoms with Crippen LogP contribution in [0.1, 0.15) is 48.0 Å². The number of aromatic hydroxyl groups is 2. The number of hydrogen-bond donors (Lipinski definition) is 3. The van der Waals surface area contributed by atoms with Gasteiger partial charge < -0.3 is 20.3 Å². The first kappa shape index (κ1) is 22.3. The summed E-state index contributed by atoms with van der Waals surface area (Å²) in [4.78, 5) is 38.8. The van der Waals surface area contributed by atoms with Crippen LogP contribution in [0.2, 0.25) is 0 Å². The van der Waals surface area contributed by atoms with Gasteiger partial charge in [0.05, 0.1) is 23.4 Å². The molecular formula is C24H25N3O6. The Morgan fingerprint density at radius 3 is 2.52 bits per heavy atom. The molecule has 2 aliphatic rings. The lowest BCUT2D eigenvalue weighted by molar-refractivity contribution is -0.123. The Kier molecular flexibility index (Phi) is 5.15. The van der Waals surface area contributed by atoms with E-state index < -0.39 is 28.5 Å². The predicted octanol–water partition coefficient (Wildman–Crippen LogP) is 2.36. The van der Waals surface area contributed by atoms with Gasteiger partial charge >= 0.3 is 0 Å². The summed E-state index contributed by atoms with van der Waals surface area (Å²) in [6.45, 7) is 8.73. The van der Waals surface area contributed by atoms with Gasteiger partial charge in [-0.1, -0.05) is 0 Å². The van der Waals surface area contributed by atoms with Crippen molar-refractivity contribution in [2.75, 3.05) is 6.54 Å². The van der Waals surface area contributed by atoms with Crippen molar-refractivity contribution in [2.24, 2.45) is 0 Å². The zero-order valence-electron chi connectivity index (χ0n) is 19.1. The molecule has 0 unspecified atom stereocenters. The lowest BCUT2D eigenvalue weighted by Gasteiger charge is -2.29. The van der Waals surface area contributed by atoms with Gasteiger partial charge in [0.15, 0.2) is 17.3 Å². The first-order valence-electron chi connectivity index (χ1n) is 10.5. The second kappa shape index (κ2) is 7.61. The van der Waals surface area contributed by atoms with Gasteiger partial charge in [-0.15, -0.1) is 0 Å². The summed E-state index contributed by atoms with van der Waals surface area (Å²) in [6.07, 6.45) is 3.04. The summed E-state index contributed by atoms with van der Waals surface area (Å²) >= 11 is 0. The third-order valence-corrected chi connectivity index (χ3v) is 6.26. The van der Waals surface area contributed by atoms with Crippen LogP contribution in [-0.2, 0) is 21.5 Å². The van der Waals surface area contributed by atoms with Crippen LogP contribution in [0.5, 0.6) is 17.2 Å². The number of ether oxygens (including phenoxy) is 1. The molecule has 33 heavy (non-hydrogen) atoms. The third-order valence-electron chi connectivity index (χ3n) is 6.26. The number of rotatable bonds is 5. The largest absolute Gasteiger partial charge is 0.507 e. The van der Waals surface area contributed by atoms with Crippen LogP contribution in [-0.4, -0.2) is 43.9 Å². The fraction of sp³-hybridized carbons (Fsp3) is 0.333. The van der Waals surface area contributed by atoms with E-state index in [1.807, 2.05) is 19.2 Å². The van der Waals surface area contributed by atoms with Crippen molar-refractivity contribution in [2.45, 2.75) is 46.6 Å². The lowest BCUT2D eigenvalue weighted by Crippen LogP contribution is -2.41. The second-order valence-electron chi connectivity index (χ2n) is 8.53. The van der Waals surface area contributed by atoms with Crippen LogP contribution in [0.4, 0.5) is 0 Å². The molecule has 1 aromatic carbocycles. The highest BCUT2D eigenvalue weighted by Gasteiger charge is 2.56. The number of nitrogens with zero attached hydrogens (tertiary/aromatic N) is 2. The molecule has 1 aliphatic carbocycles. The molecule has 0 amide bonds. The summed E-state index contributed by atoms with van der Waals surface area (Å²) in [5.41, 5.74) is -0.294. The minimum absolute atomic E-state index is 0.0128. The summed E-state index contributed by atoms with van der Waals surface area (Å²) in [7, 11) is 0. The highest BCUT2D eigenvalue weighted by Crippen LogP contribution is 2.57. The number of carbonyl (C=O) groups is 3. The molecule has 2 heterocycles. The molecule has 1 aliphatic heterocycles. The smallest absolute Gasteiger partial charge is 0.194 e. The number of Topliss-reactive ketones (excluding diaryl/α,β-unsaturated/α-hetero) is 2. The molecule has 3 N–H and O–H groups in total. The van der Waals surface area contributed by atoms with E-state index >= 15 is 0 Å². The van der Waals surface area contributed by atoms with Crippen molar-refractivity contribution in [1.82, 2.24) is 15.1 Å². The third kappa shape index (κ3) is 3.23. The number of hydrogen-bond acceptors (Lipinski definition) is 8. The summed E-state index contributed by atoms with van der Waals surface area (Å²) < 4.78 is 7.51. The summed E-state index contributed by atoms with van der Waals surface area (Å²) in [5.74, 6) is -2.43. The van der Waals surface area contributed by atoms with Crippen LogP contribution in [0.3, 0.4) is 0 Å². The minimum Gasteiger partial charge on any atom is -0.507 e. The SMILES string of the molecule is CC(=O)c1c(O)c(C)c(O)c2c1OC1=CC(=O)/C(=C(/C)NCCn3ccc(C)n3)C(=O)[C@]12C. The maximum Gasteiger partial charge on any atom is 0.194 e. The molecule has 1 atom stereocenters. The number of phenolic OH excluding ortho intramolecular Hbond substituents is 2. The molecule has 0 saturated heterocycles. The Bertz CT molecular complexity index is 1300. The highest BCUT2D eigenvalue weighted by molar-refractivity contribution is 6.31. The molecule has 0 bridgehead atoms. The first-order valence-corrected chi connectivity index (χ1v) is 10.5. The molecule has 1 aromatic heterocycles. The fourth-order valence-corrected chi connectivity index (χ4v) is 4.40. The van der Waals surface area contributed by atoms with Gasteiger partial charge in [0.2, 0.25) is 0 Å². The normalized spacial score (nSPS) is 20.7. The topological polar surface area (TPSA) is 131 Å². The van der Waals surface area contributed by atoms with E-state index in [1.165, 1.54) is 19.9 Å². The van der Waals surface area contributed by atoms with E-state index in [-0.39, 0.29) is 39.5 Å². The number of fused-ring (bicyclic) bond motifs is 3. The van der Waals surface area contributed by atoms with E-state index in [0.29, 0.717) is 18.8 Å². The standard InChI is InChI=1S/C24H25N3O6/c1-11-6-8-27(26-11)9-7-25-13(3)17-15(29)10-16-24(5,23(17)32)19-21(31)12(2)20(30)18(14(4)28)22(19)33-16/h6,8,10,25,30-31H,7,9H2,1-5H3/b17-13+/t24-/m1/s1. The molecular weight excluding hydrogens is 426 g/mol. The van der Waals surface area contributed by atoms with Crippen molar-refractivity contribution in [1.29, 1.82) is 0 Å². The second-order valence-corrected chi connectivity index (χ2v) is 8.53. The minimum atomic E-state index is -1.52. The van der Waals surface area contributed by atoms with Crippen molar-refractivity contribution in [3.05, 3.63) is 57.8 Å². The van der Waals surface area contributed by atoms with Crippen LogP contribution < -0.4 is 10.1 Å². The zero-order chi connectivity index (χ0) is 24.2. The summed E-state index contributed by atoms with van der Waals surface area (Å²) in [6, 6.07) is 1.88. The zero-order valence-corrected chi connectivity index (χ0v) is 19.1. The monoisotopic (exact) mass is 451 g/mol. The van der Waals surface area contributed by atoms with Crippen molar-refractivity contribution >= 4 is 17.3 Å². The van der Waals surface area contributed by atoms with Gasteiger partial charge in [0.25, 0.3) is 0 Å². The number of aromatic nitrogens is 2. The van der Waals surface area contributed by atoms with E-state index in [2.05, 4.69) is 10.4 Å². The molecule has 172 valence electrons. The summed E-state index contributed by atoms with van der Waals surface area (Å²) in [5, 5.41) is 28.7. The van der Waals surface area contributed by atoms with Crippen LogP contribution in [0.25, 0.3) is 0 Å². The first-order chi connectivity index (χ1) is 15.5. The quantitative estimate of drug-likeness (QED) is 0.359. The molecule has 0 saturated carbocycles. The Morgan fingerprint density at radius 1 is 1.21 bits per heavy atom. The van der Waals surface area contributed by atoms with Crippen LogP contribution in [0.15, 0.2) is 35.4 Å². The molecule has 4 rings (SSSR count). The maximum absolute atomic E-state index is 13.7. The number of allylic oxidation sites excluding steroid dienone is 4. The number of carbonyl (C=O) groups excluding carboxylic acids is 3. The van der Waals surface area contributed by atoms with E-state index in [4.69, 9.17) is 4.74 Å². The number of ketones is 3. The molecule has 0 radical (unpaired) electrons. The van der Waals surface area contributed by atoms with Crippen molar-refractivity contribution < 1.29 is 29.3 Å². The molecule has 0 fully saturated rings. The number of aryl methyl sites for hydroxylation is 1. The number of benzene rings is 1. The van der Waals surface area contributed by atoms with E-state index in [0.717, 1.165) is 5.69 Å². The number of phenols is 2. The van der Waals surface area contributed by atoms with Gasteiger partial charge in [-0.3, -0.25) is 19.1 Å². The van der Waals surface area contributed by atoms with Crippen LogP contribution >= 0.6 is 0 Å². The van der Waals surface area contributed by atoms with Crippen LogP contribution in [0, 0.1) is 13.8 Å². The van der Waals surface area contributed by atoms with Gasteiger partial charge in [-0.25, -0.2) is 0 Å². The maximum atomic E-state index is 13.7. The molecule has 9 heteroatoms. The van der Waals surface area contributed by atoms with Gasteiger partial charge in [0, 0.05) is 30.1 Å². The Morgan fingerprint density at radius 2 is 1.91 bits per heavy atom. The van der Waals surface area contributed by atoms with Crippen molar-refractivity contribution in [3.63, 3.8) is 0 Å². The average molecular weight is 451 g/mol. The highest BCUT2D eigenvalue weighted by atomic mass is 16.5. The number of nitrogens with one attached hydrogen (secondary N) is 1. The van der Waals surface area contributed by atoms with E-state index in [9.17, 15) is 24.6 Å². The van der Waals surface area contributed by atoms with Gasteiger partial charge in [0.1, 0.15) is 34.0 Å². The molecule has 2 aromatic rings. The Hall–Kier alpha value is -3.88.